The minimum absolute atomic E-state index is 0.425. The predicted molar refractivity (Wildman–Crippen MR) is 89.8 cm³/mol. The predicted octanol–water partition coefficient (Wildman–Crippen LogP) is 2.14. The van der Waals surface area contributed by atoms with Crippen molar-refractivity contribution in [2.75, 3.05) is 4.72 Å². The summed E-state index contributed by atoms with van der Waals surface area (Å²) in [5.41, 5.74) is 0.458. The summed E-state index contributed by atoms with van der Waals surface area (Å²) in [5.74, 6) is 0. The topological polar surface area (TPSA) is 64.6 Å². The summed E-state index contributed by atoms with van der Waals surface area (Å²) in [5, 5.41) is -0.493. The number of anilines is 1. The van der Waals surface area contributed by atoms with E-state index in [0.29, 0.717) is 5.69 Å². The smallest absolute Gasteiger partial charge is 0.399 e. The normalized spacial score (nSPS) is 20.4. The Morgan fingerprint density at radius 3 is 2.14 bits per heavy atom. The van der Waals surface area contributed by atoms with Gasteiger partial charge in [-0.15, -0.1) is 0 Å². The van der Waals surface area contributed by atoms with Gasteiger partial charge in [-0.2, -0.15) is 0 Å². The zero-order valence-corrected chi connectivity index (χ0v) is 14.8. The van der Waals surface area contributed by atoms with Crippen LogP contribution >= 0.6 is 0 Å². The molecule has 0 radical (unpaired) electrons. The molecule has 0 unspecified atom stereocenters. The Kier molecular flexibility index (Phi) is 4.36. The molecule has 1 heterocycles. The molecule has 7 heteroatoms. The van der Waals surface area contributed by atoms with Crippen molar-refractivity contribution >= 4 is 28.3 Å². The Hall–Kier alpha value is -1.05. The summed E-state index contributed by atoms with van der Waals surface area (Å²) in [6, 6.07) is 7.13. The number of rotatable bonds is 4. The molecule has 0 aliphatic carbocycles. The molecule has 22 heavy (non-hydrogen) atoms. The van der Waals surface area contributed by atoms with Crippen LogP contribution in [0.3, 0.4) is 0 Å². The van der Waals surface area contributed by atoms with Crippen LogP contribution in [0.5, 0.6) is 0 Å². The van der Waals surface area contributed by atoms with Crippen LogP contribution in [0.25, 0.3) is 0 Å². The van der Waals surface area contributed by atoms with E-state index in [1.807, 2.05) is 33.8 Å². The molecule has 1 aromatic carbocycles. The van der Waals surface area contributed by atoms with Crippen LogP contribution in [0.15, 0.2) is 24.3 Å². The molecular weight excluding hydrogens is 301 g/mol. The first-order valence-electron chi connectivity index (χ1n) is 7.42. The highest BCUT2D eigenvalue weighted by atomic mass is 32.2. The third kappa shape index (κ3) is 3.31. The molecule has 1 N–H and O–H groups in total. The number of benzene rings is 1. The van der Waals surface area contributed by atoms with E-state index in [1.54, 1.807) is 32.0 Å². The van der Waals surface area contributed by atoms with Gasteiger partial charge in [-0.25, -0.2) is 8.42 Å². The lowest BCUT2D eigenvalue weighted by Crippen LogP contribution is -2.41. The van der Waals surface area contributed by atoms with Gasteiger partial charge in [0.1, 0.15) is 0 Å². The Balaban J connectivity index is 2.24. The number of hydrogen-bond acceptors (Lipinski definition) is 4. The minimum Gasteiger partial charge on any atom is -0.399 e. The fraction of sp³-hybridized carbons (Fsp3) is 0.600. The maximum absolute atomic E-state index is 12.0. The molecule has 0 bridgehead atoms. The van der Waals surface area contributed by atoms with Crippen molar-refractivity contribution in [3.05, 3.63) is 24.3 Å². The Bertz CT molecular complexity index is 639. The van der Waals surface area contributed by atoms with Crippen LogP contribution in [0, 0.1) is 0 Å². The number of sulfonamides is 1. The molecule has 122 valence electrons. The lowest BCUT2D eigenvalue weighted by Gasteiger charge is -2.32. The largest absolute Gasteiger partial charge is 0.494 e. The van der Waals surface area contributed by atoms with Crippen molar-refractivity contribution < 1.29 is 17.7 Å². The van der Waals surface area contributed by atoms with Gasteiger partial charge < -0.3 is 9.31 Å². The molecule has 0 amide bonds. The monoisotopic (exact) mass is 325 g/mol. The van der Waals surface area contributed by atoms with Crippen LogP contribution in [-0.2, 0) is 19.3 Å². The third-order valence-electron chi connectivity index (χ3n) is 4.29. The SMILES string of the molecule is CC(C)S(=O)(=O)Nc1cccc(B2OC(C)(C)C(C)(C)O2)c1. The molecule has 1 saturated heterocycles. The van der Waals surface area contributed by atoms with E-state index in [1.165, 1.54) is 0 Å². The van der Waals surface area contributed by atoms with E-state index in [-0.39, 0.29) is 0 Å². The summed E-state index contributed by atoms with van der Waals surface area (Å²) in [6.45, 7) is 11.2. The maximum Gasteiger partial charge on any atom is 0.494 e. The van der Waals surface area contributed by atoms with Crippen molar-refractivity contribution in [1.82, 2.24) is 0 Å². The van der Waals surface area contributed by atoms with Gasteiger partial charge in [0.2, 0.25) is 10.0 Å². The zero-order valence-electron chi connectivity index (χ0n) is 14.0. The molecule has 0 spiro atoms. The summed E-state index contributed by atoms with van der Waals surface area (Å²) in [7, 11) is -3.87. The lowest BCUT2D eigenvalue weighted by atomic mass is 9.79. The minimum atomic E-state index is -3.37. The summed E-state index contributed by atoms with van der Waals surface area (Å²) in [6.07, 6.45) is 0. The third-order valence-corrected chi connectivity index (χ3v) is 6.05. The van der Waals surface area contributed by atoms with Gasteiger partial charge in [0, 0.05) is 5.69 Å². The van der Waals surface area contributed by atoms with Gasteiger partial charge in [0.15, 0.2) is 0 Å². The second-order valence-electron chi connectivity index (χ2n) is 6.91. The molecule has 1 aliphatic rings. The highest BCUT2D eigenvalue weighted by Gasteiger charge is 2.51. The van der Waals surface area contributed by atoms with Crippen molar-refractivity contribution in [2.24, 2.45) is 0 Å². The molecule has 2 rings (SSSR count). The highest BCUT2D eigenvalue weighted by molar-refractivity contribution is 7.93. The summed E-state index contributed by atoms with van der Waals surface area (Å²) < 4.78 is 38.5. The first kappa shape index (κ1) is 17.3. The average molecular weight is 325 g/mol. The van der Waals surface area contributed by atoms with E-state index in [4.69, 9.17) is 9.31 Å². The van der Waals surface area contributed by atoms with E-state index < -0.39 is 33.6 Å². The van der Waals surface area contributed by atoms with Crippen molar-refractivity contribution in [3.63, 3.8) is 0 Å². The quantitative estimate of drug-likeness (QED) is 0.862. The Morgan fingerprint density at radius 2 is 1.64 bits per heavy atom. The standard InChI is InChI=1S/C15H24BNO4S/c1-11(2)22(18,19)17-13-9-7-8-12(10-13)16-20-14(3,4)15(5,6)21-16/h7-11,17H,1-6H3. The molecular formula is C15H24BNO4S. The second kappa shape index (κ2) is 5.55. The maximum atomic E-state index is 12.0. The lowest BCUT2D eigenvalue weighted by molar-refractivity contribution is 0.00578. The highest BCUT2D eigenvalue weighted by Crippen LogP contribution is 2.36. The number of hydrogen-bond donors (Lipinski definition) is 1. The van der Waals surface area contributed by atoms with Crippen molar-refractivity contribution in [1.29, 1.82) is 0 Å². The average Bonchev–Trinajstić information content (AvgIpc) is 2.58. The van der Waals surface area contributed by atoms with Gasteiger partial charge in [0.05, 0.1) is 16.5 Å². The van der Waals surface area contributed by atoms with Gasteiger partial charge >= 0.3 is 7.12 Å². The molecule has 5 nitrogen and oxygen atoms in total. The second-order valence-corrected chi connectivity index (χ2v) is 9.15. The van der Waals surface area contributed by atoms with Crippen LogP contribution in [0.1, 0.15) is 41.5 Å². The van der Waals surface area contributed by atoms with E-state index in [2.05, 4.69) is 4.72 Å². The zero-order chi connectivity index (χ0) is 16.8. The molecule has 0 aromatic heterocycles. The van der Waals surface area contributed by atoms with Crippen LogP contribution in [0.4, 0.5) is 5.69 Å². The summed E-state index contributed by atoms with van der Waals surface area (Å²) in [4.78, 5) is 0. The molecule has 1 aromatic rings. The Labute approximate surface area is 133 Å². The van der Waals surface area contributed by atoms with Crippen molar-refractivity contribution in [3.8, 4) is 0 Å². The fourth-order valence-corrected chi connectivity index (χ4v) is 2.70. The number of nitrogens with one attached hydrogen (secondary N) is 1. The van der Waals surface area contributed by atoms with Gasteiger partial charge in [-0.05, 0) is 59.1 Å². The molecule has 1 fully saturated rings. The van der Waals surface area contributed by atoms with Crippen LogP contribution in [0.2, 0.25) is 0 Å². The summed E-state index contributed by atoms with van der Waals surface area (Å²) >= 11 is 0. The first-order valence-corrected chi connectivity index (χ1v) is 8.96. The molecule has 0 atom stereocenters. The molecule has 1 aliphatic heterocycles. The Morgan fingerprint density at radius 1 is 1.09 bits per heavy atom. The molecule has 0 saturated carbocycles. The van der Waals surface area contributed by atoms with Gasteiger partial charge in [-0.1, -0.05) is 12.1 Å². The van der Waals surface area contributed by atoms with Crippen LogP contribution < -0.4 is 10.2 Å². The van der Waals surface area contributed by atoms with Gasteiger partial charge in [-0.3, -0.25) is 4.72 Å². The first-order chi connectivity index (χ1) is 9.95. The van der Waals surface area contributed by atoms with E-state index in [0.717, 1.165) is 5.46 Å². The van der Waals surface area contributed by atoms with Gasteiger partial charge in [0.25, 0.3) is 0 Å². The van der Waals surface area contributed by atoms with E-state index >= 15 is 0 Å². The van der Waals surface area contributed by atoms with Crippen molar-refractivity contribution in [2.45, 2.75) is 58.0 Å². The van der Waals surface area contributed by atoms with E-state index in [9.17, 15) is 8.42 Å². The van der Waals surface area contributed by atoms with Crippen LogP contribution in [-0.4, -0.2) is 32.0 Å². The fourth-order valence-electron chi connectivity index (χ4n) is 2.01.